The Balaban J connectivity index is 1.74. The van der Waals surface area contributed by atoms with Crippen molar-refractivity contribution in [3.63, 3.8) is 0 Å². The van der Waals surface area contributed by atoms with Gasteiger partial charge in [0.25, 0.3) is 5.91 Å². The van der Waals surface area contributed by atoms with Gasteiger partial charge in [-0.1, -0.05) is 32.9 Å². The topological polar surface area (TPSA) is 80.5 Å². The van der Waals surface area contributed by atoms with Gasteiger partial charge in [-0.3, -0.25) is 4.79 Å². The van der Waals surface area contributed by atoms with Crippen molar-refractivity contribution in [1.29, 1.82) is 0 Å². The SMILES string of the molecule is CC(C)OCCNc1cc(NC(=O)c2ccc(C(C)(C)C)cc2)nc2ccnn12. The number of nitrogens with one attached hydrogen (secondary N) is 2. The molecule has 2 aromatic heterocycles. The molecule has 1 amide bonds. The van der Waals surface area contributed by atoms with E-state index >= 15 is 0 Å². The Morgan fingerprint density at radius 3 is 2.55 bits per heavy atom. The summed E-state index contributed by atoms with van der Waals surface area (Å²) in [7, 11) is 0. The van der Waals surface area contributed by atoms with E-state index in [1.54, 1.807) is 22.8 Å². The van der Waals surface area contributed by atoms with E-state index in [2.05, 4.69) is 41.5 Å². The van der Waals surface area contributed by atoms with Crippen molar-refractivity contribution in [3.8, 4) is 0 Å². The maximum atomic E-state index is 12.7. The highest BCUT2D eigenvalue weighted by atomic mass is 16.5. The zero-order valence-corrected chi connectivity index (χ0v) is 17.7. The maximum absolute atomic E-state index is 12.7. The Morgan fingerprint density at radius 2 is 1.90 bits per heavy atom. The molecule has 0 saturated carbocycles. The summed E-state index contributed by atoms with van der Waals surface area (Å²) in [6.07, 6.45) is 1.85. The molecule has 0 fully saturated rings. The number of carbonyl (C=O) groups excluding carboxylic acids is 1. The monoisotopic (exact) mass is 395 g/mol. The lowest BCUT2D eigenvalue weighted by Crippen LogP contribution is -2.17. The van der Waals surface area contributed by atoms with E-state index in [9.17, 15) is 4.79 Å². The van der Waals surface area contributed by atoms with Gasteiger partial charge in [0.15, 0.2) is 5.65 Å². The van der Waals surface area contributed by atoms with Gasteiger partial charge in [0.05, 0.1) is 18.9 Å². The van der Waals surface area contributed by atoms with Crippen LogP contribution in [0.4, 0.5) is 11.6 Å². The van der Waals surface area contributed by atoms with Crippen LogP contribution in [0.5, 0.6) is 0 Å². The van der Waals surface area contributed by atoms with Gasteiger partial charge < -0.3 is 15.4 Å². The van der Waals surface area contributed by atoms with Gasteiger partial charge in [0, 0.05) is 24.2 Å². The molecule has 0 radical (unpaired) electrons. The van der Waals surface area contributed by atoms with Crippen LogP contribution in [0.15, 0.2) is 42.6 Å². The number of hydrogen-bond donors (Lipinski definition) is 2. The number of fused-ring (bicyclic) bond motifs is 1. The first-order valence-electron chi connectivity index (χ1n) is 9.86. The smallest absolute Gasteiger partial charge is 0.256 e. The first kappa shape index (κ1) is 20.8. The van der Waals surface area contributed by atoms with Crippen LogP contribution < -0.4 is 10.6 Å². The minimum absolute atomic E-state index is 0.0451. The quantitative estimate of drug-likeness (QED) is 0.588. The molecule has 29 heavy (non-hydrogen) atoms. The minimum Gasteiger partial charge on any atom is -0.377 e. The summed E-state index contributed by atoms with van der Waals surface area (Å²) in [4.78, 5) is 17.2. The van der Waals surface area contributed by atoms with E-state index in [0.717, 1.165) is 5.82 Å². The second-order valence-electron chi connectivity index (χ2n) is 8.26. The van der Waals surface area contributed by atoms with Crippen molar-refractivity contribution in [1.82, 2.24) is 14.6 Å². The van der Waals surface area contributed by atoms with Crippen molar-refractivity contribution in [2.45, 2.75) is 46.1 Å². The first-order valence-corrected chi connectivity index (χ1v) is 9.86. The van der Waals surface area contributed by atoms with Crippen LogP contribution in [0.3, 0.4) is 0 Å². The summed E-state index contributed by atoms with van der Waals surface area (Å²) in [6.45, 7) is 11.6. The van der Waals surface area contributed by atoms with Crippen molar-refractivity contribution in [2.75, 3.05) is 23.8 Å². The molecule has 0 spiro atoms. The molecular formula is C22H29N5O2. The Hall–Kier alpha value is -2.93. The molecule has 2 N–H and O–H groups in total. The Morgan fingerprint density at radius 1 is 1.17 bits per heavy atom. The highest BCUT2D eigenvalue weighted by molar-refractivity contribution is 6.04. The highest BCUT2D eigenvalue weighted by Crippen LogP contribution is 2.22. The number of hydrogen-bond acceptors (Lipinski definition) is 5. The van der Waals surface area contributed by atoms with E-state index in [-0.39, 0.29) is 17.4 Å². The van der Waals surface area contributed by atoms with Gasteiger partial charge in [-0.05, 0) is 37.0 Å². The van der Waals surface area contributed by atoms with Gasteiger partial charge in [-0.25, -0.2) is 4.98 Å². The molecular weight excluding hydrogens is 366 g/mol. The normalized spacial score (nSPS) is 11.8. The number of rotatable bonds is 7. The molecule has 0 atom stereocenters. The third-order valence-electron chi connectivity index (χ3n) is 4.47. The lowest BCUT2D eigenvalue weighted by Gasteiger charge is -2.19. The summed E-state index contributed by atoms with van der Waals surface area (Å²) in [5.41, 5.74) is 2.47. The van der Waals surface area contributed by atoms with E-state index < -0.39 is 0 Å². The van der Waals surface area contributed by atoms with Crippen LogP contribution in [0.1, 0.15) is 50.5 Å². The zero-order valence-electron chi connectivity index (χ0n) is 17.7. The van der Waals surface area contributed by atoms with Gasteiger partial charge in [0.2, 0.25) is 0 Å². The number of ether oxygens (including phenoxy) is 1. The molecule has 3 rings (SSSR count). The first-order chi connectivity index (χ1) is 13.7. The van der Waals surface area contributed by atoms with E-state index in [0.29, 0.717) is 30.2 Å². The molecule has 7 heteroatoms. The Labute approximate surface area is 171 Å². The maximum Gasteiger partial charge on any atom is 0.256 e. The second-order valence-corrected chi connectivity index (χ2v) is 8.26. The molecule has 0 unspecified atom stereocenters. The number of carbonyl (C=O) groups is 1. The Bertz CT molecular complexity index is 971. The zero-order chi connectivity index (χ0) is 21.0. The van der Waals surface area contributed by atoms with Crippen molar-refractivity contribution in [3.05, 3.63) is 53.7 Å². The standard InChI is InChI=1S/C22H29N5O2/c1-15(2)29-13-12-23-20-14-18(25-19-10-11-24-27(19)20)26-21(28)16-6-8-17(9-7-16)22(3,4)5/h6-11,14-15,23H,12-13H2,1-5H3,(H,25,26,28). The third kappa shape index (κ3) is 5.32. The Kier molecular flexibility index (Phi) is 6.17. The van der Waals surface area contributed by atoms with E-state index in [4.69, 9.17) is 4.74 Å². The molecule has 1 aromatic carbocycles. The van der Waals surface area contributed by atoms with Crippen LogP contribution in [-0.4, -0.2) is 39.8 Å². The fourth-order valence-corrected chi connectivity index (χ4v) is 2.89. The molecule has 0 aliphatic heterocycles. The van der Waals surface area contributed by atoms with Crippen LogP contribution in [0.2, 0.25) is 0 Å². The average Bonchev–Trinajstić information content (AvgIpc) is 3.13. The van der Waals surface area contributed by atoms with Crippen LogP contribution >= 0.6 is 0 Å². The van der Waals surface area contributed by atoms with Gasteiger partial charge in [-0.15, -0.1) is 0 Å². The molecule has 0 aliphatic carbocycles. The second kappa shape index (κ2) is 8.61. The summed E-state index contributed by atoms with van der Waals surface area (Å²) in [5, 5.41) is 10.5. The average molecular weight is 396 g/mol. The molecule has 7 nitrogen and oxygen atoms in total. The number of anilines is 2. The van der Waals surface area contributed by atoms with Gasteiger partial charge >= 0.3 is 0 Å². The predicted octanol–water partition coefficient (Wildman–Crippen LogP) is 4.12. The molecule has 3 aromatic rings. The van der Waals surface area contributed by atoms with Crippen molar-refractivity contribution in [2.24, 2.45) is 0 Å². The van der Waals surface area contributed by atoms with Crippen molar-refractivity contribution >= 4 is 23.2 Å². The summed E-state index contributed by atoms with van der Waals surface area (Å²) in [6, 6.07) is 11.2. The van der Waals surface area contributed by atoms with Crippen LogP contribution in [0.25, 0.3) is 5.65 Å². The predicted molar refractivity (Wildman–Crippen MR) is 116 cm³/mol. The highest BCUT2D eigenvalue weighted by Gasteiger charge is 2.15. The molecule has 0 saturated heterocycles. The summed E-state index contributed by atoms with van der Waals surface area (Å²) >= 11 is 0. The van der Waals surface area contributed by atoms with E-state index in [1.807, 2.05) is 38.1 Å². The van der Waals surface area contributed by atoms with Crippen LogP contribution in [0, 0.1) is 0 Å². The number of aromatic nitrogens is 3. The largest absolute Gasteiger partial charge is 0.377 e. The fraction of sp³-hybridized carbons (Fsp3) is 0.409. The van der Waals surface area contributed by atoms with Crippen LogP contribution in [-0.2, 0) is 10.2 Å². The third-order valence-corrected chi connectivity index (χ3v) is 4.47. The van der Waals surface area contributed by atoms with E-state index in [1.165, 1.54) is 5.56 Å². The molecule has 0 bridgehead atoms. The van der Waals surface area contributed by atoms with Gasteiger partial charge in [0.1, 0.15) is 11.6 Å². The summed E-state index contributed by atoms with van der Waals surface area (Å²) < 4.78 is 7.26. The lowest BCUT2D eigenvalue weighted by molar-refractivity contribution is 0.0870. The summed E-state index contributed by atoms with van der Waals surface area (Å²) in [5.74, 6) is 1.01. The number of amides is 1. The fourth-order valence-electron chi connectivity index (χ4n) is 2.89. The van der Waals surface area contributed by atoms with Gasteiger partial charge in [-0.2, -0.15) is 9.61 Å². The lowest BCUT2D eigenvalue weighted by atomic mass is 9.87. The number of benzene rings is 1. The van der Waals surface area contributed by atoms with Crippen molar-refractivity contribution < 1.29 is 9.53 Å². The molecule has 0 aliphatic rings. The minimum atomic E-state index is -0.198. The molecule has 2 heterocycles. The molecule has 154 valence electrons. The number of nitrogens with zero attached hydrogens (tertiary/aromatic N) is 3.